The van der Waals surface area contributed by atoms with Crippen molar-refractivity contribution in [1.29, 1.82) is 0 Å². The zero-order valence-electron chi connectivity index (χ0n) is 10.2. The van der Waals surface area contributed by atoms with Gasteiger partial charge in [-0.15, -0.1) is 0 Å². The number of aromatic nitrogens is 3. The van der Waals surface area contributed by atoms with E-state index in [0.717, 1.165) is 17.9 Å². The molecule has 0 bridgehead atoms. The molecule has 0 spiro atoms. The normalized spacial score (nSPS) is 12.3. The molecule has 0 aliphatic heterocycles. The van der Waals surface area contributed by atoms with Crippen LogP contribution in [0.15, 0.2) is 12.4 Å². The van der Waals surface area contributed by atoms with Crippen molar-refractivity contribution in [3.8, 4) is 0 Å². The van der Waals surface area contributed by atoms with E-state index in [1.807, 2.05) is 13.8 Å². The van der Waals surface area contributed by atoms with Gasteiger partial charge in [0.05, 0.1) is 12.2 Å². The first-order valence-electron chi connectivity index (χ1n) is 5.63. The number of nitrogens with zero attached hydrogens (tertiary/aromatic N) is 2. The number of rotatable bonds is 4. The molecule has 0 radical (unpaired) electrons. The van der Waals surface area contributed by atoms with E-state index in [0.29, 0.717) is 10.0 Å². The van der Waals surface area contributed by atoms with E-state index in [-0.39, 0.29) is 11.9 Å². The van der Waals surface area contributed by atoms with Crippen LogP contribution in [0.4, 0.5) is 5.13 Å². The third kappa shape index (κ3) is 2.67. The maximum atomic E-state index is 12.0. The summed E-state index contributed by atoms with van der Waals surface area (Å²) in [4.78, 5) is 23.7. The third-order valence-electron chi connectivity index (χ3n) is 2.51. The second-order valence-electron chi connectivity index (χ2n) is 3.95. The lowest BCUT2D eigenvalue weighted by Gasteiger charge is -2.13. The molecule has 1 atom stereocenters. The standard InChI is InChI=1S/C11H15N5OS/c1-3-7(9-13-4-6(2)15-9)16-10(17)8-5-14-11(12)18-8/h4-5,7H,3H2,1-2H3,(H2,12,14)(H,13,15)(H,16,17)/t7-/m1/s1. The van der Waals surface area contributed by atoms with Crippen LogP contribution in [0.3, 0.4) is 0 Å². The van der Waals surface area contributed by atoms with Gasteiger partial charge in [-0.05, 0) is 13.3 Å². The number of thiazole rings is 1. The van der Waals surface area contributed by atoms with Crippen LogP contribution >= 0.6 is 11.3 Å². The monoisotopic (exact) mass is 265 g/mol. The molecule has 1 amide bonds. The number of hydrogen-bond donors (Lipinski definition) is 3. The summed E-state index contributed by atoms with van der Waals surface area (Å²) < 4.78 is 0. The molecule has 18 heavy (non-hydrogen) atoms. The molecule has 4 N–H and O–H groups in total. The zero-order valence-corrected chi connectivity index (χ0v) is 11.0. The molecule has 96 valence electrons. The molecule has 2 heterocycles. The van der Waals surface area contributed by atoms with Gasteiger partial charge in [0.2, 0.25) is 0 Å². The van der Waals surface area contributed by atoms with Crippen molar-refractivity contribution in [3.63, 3.8) is 0 Å². The minimum atomic E-state index is -0.176. The van der Waals surface area contributed by atoms with Crippen molar-refractivity contribution in [2.24, 2.45) is 0 Å². The largest absolute Gasteiger partial charge is 0.375 e. The maximum absolute atomic E-state index is 12.0. The van der Waals surface area contributed by atoms with Gasteiger partial charge in [-0.2, -0.15) is 0 Å². The summed E-state index contributed by atoms with van der Waals surface area (Å²) >= 11 is 1.17. The van der Waals surface area contributed by atoms with Crippen LogP contribution < -0.4 is 11.1 Å². The van der Waals surface area contributed by atoms with E-state index < -0.39 is 0 Å². The Balaban J connectivity index is 2.09. The Hall–Kier alpha value is -1.89. The van der Waals surface area contributed by atoms with Gasteiger partial charge in [0.25, 0.3) is 5.91 Å². The summed E-state index contributed by atoms with van der Waals surface area (Å²) in [6, 6.07) is -0.130. The summed E-state index contributed by atoms with van der Waals surface area (Å²) in [6.07, 6.45) is 3.98. The van der Waals surface area contributed by atoms with Crippen LogP contribution in [0.1, 0.15) is 40.6 Å². The Bertz CT molecular complexity index is 547. The number of amides is 1. The number of anilines is 1. The second kappa shape index (κ2) is 5.18. The lowest BCUT2D eigenvalue weighted by atomic mass is 10.2. The molecule has 2 rings (SSSR count). The van der Waals surface area contributed by atoms with Crippen molar-refractivity contribution >= 4 is 22.4 Å². The van der Waals surface area contributed by atoms with Crippen LogP contribution in [-0.2, 0) is 0 Å². The molecule has 7 heteroatoms. The molecular formula is C11H15N5OS. The van der Waals surface area contributed by atoms with Gasteiger partial charge < -0.3 is 16.0 Å². The van der Waals surface area contributed by atoms with Crippen molar-refractivity contribution in [1.82, 2.24) is 20.3 Å². The number of carbonyl (C=O) groups excluding carboxylic acids is 1. The van der Waals surface area contributed by atoms with Crippen LogP contribution in [0.25, 0.3) is 0 Å². The van der Waals surface area contributed by atoms with Gasteiger partial charge in [-0.3, -0.25) is 4.79 Å². The number of H-pyrrole nitrogens is 1. The van der Waals surface area contributed by atoms with Crippen molar-refractivity contribution in [2.45, 2.75) is 26.3 Å². The maximum Gasteiger partial charge on any atom is 0.263 e. The first-order chi connectivity index (χ1) is 8.60. The van der Waals surface area contributed by atoms with Crippen molar-refractivity contribution < 1.29 is 4.79 Å². The van der Waals surface area contributed by atoms with E-state index in [4.69, 9.17) is 5.73 Å². The average Bonchev–Trinajstić information content (AvgIpc) is 2.94. The highest BCUT2D eigenvalue weighted by Gasteiger charge is 2.17. The van der Waals surface area contributed by atoms with Gasteiger partial charge in [-0.1, -0.05) is 18.3 Å². The van der Waals surface area contributed by atoms with Crippen LogP contribution in [0.5, 0.6) is 0 Å². The molecule has 0 unspecified atom stereocenters. The van der Waals surface area contributed by atoms with E-state index in [1.54, 1.807) is 6.20 Å². The Morgan fingerprint density at radius 2 is 2.33 bits per heavy atom. The van der Waals surface area contributed by atoms with E-state index in [2.05, 4.69) is 20.3 Å². The summed E-state index contributed by atoms with van der Waals surface area (Å²) in [7, 11) is 0. The Labute approximate surface area is 109 Å². The third-order valence-corrected chi connectivity index (χ3v) is 3.34. The van der Waals surface area contributed by atoms with Gasteiger partial charge in [0.15, 0.2) is 5.13 Å². The van der Waals surface area contributed by atoms with Crippen LogP contribution in [0.2, 0.25) is 0 Å². The zero-order chi connectivity index (χ0) is 13.1. The lowest BCUT2D eigenvalue weighted by molar-refractivity contribution is 0.0938. The van der Waals surface area contributed by atoms with E-state index in [1.165, 1.54) is 17.5 Å². The molecule has 0 aliphatic rings. The van der Waals surface area contributed by atoms with Crippen LogP contribution in [0, 0.1) is 6.92 Å². The quantitative estimate of drug-likeness (QED) is 0.782. The number of aryl methyl sites for hydroxylation is 1. The fourth-order valence-corrected chi connectivity index (χ4v) is 2.18. The number of aromatic amines is 1. The number of nitrogens with one attached hydrogen (secondary N) is 2. The first kappa shape index (κ1) is 12.6. The van der Waals surface area contributed by atoms with Crippen LogP contribution in [-0.4, -0.2) is 20.9 Å². The fraction of sp³-hybridized carbons (Fsp3) is 0.364. The second-order valence-corrected chi connectivity index (χ2v) is 5.01. The Morgan fingerprint density at radius 3 is 2.83 bits per heavy atom. The number of imidazole rings is 1. The van der Waals surface area contributed by atoms with Gasteiger partial charge in [0, 0.05) is 11.9 Å². The molecule has 6 nitrogen and oxygen atoms in total. The van der Waals surface area contributed by atoms with Gasteiger partial charge in [-0.25, -0.2) is 9.97 Å². The van der Waals surface area contributed by atoms with E-state index in [9.17, 15) is 4.79 Å². The molecule has 0 saturated heterocycles. The summed E-state index contributed by atoms with van der Waals surface area (Å²) in [5.41, 5.74) is 6.48. The van der Waals surface area contributed by atoms with Gasteiger partial charge in [0.1, 0.15) is 10.7 Å². The Kier molecular flexibility index (Phi) is 3.61. The molecule has 2 aromatic rings. The minimum absolute atomic E-state index is 0.130. The molecule has 0 fully saturated rings. The predicted octanol–water partition coefficient (Wildman–Crippen LogP) is 1.64. The SMILES string of the molecule is CC[C@@H](NC(=O)c1cnc(N)s1)c1ncc(C)[nH]1. The molecule has 2 aromatic heterocycles. The Morgan fingerprint density at radius 1 is 1.56 bits per heavy atom. The van der Waals surface area contributed by atoms with Crippen molar-refractivity contribution in [2.75, 3.05) is 5.73 Å². The molecule has 0 saturated carbocycles. The fourth-order valence-electron chi connectivity index (χ4n) is 1.60. The average molecular weight is 265 g/mol. The minimum Gasteiger partial charge on any atom is -0.375 e. The molecule has 0 aromatic carbocycles. The summed E-state index contributed by atoms with van der Waals surface area (Å²) in [6.45, 7) is 3.92. The topological polar surface area (TPSA) is 96.7 Å². The smallest absolute Gasteiger partial charge is 0.263 e. The molecule has 0 aliphatic carbocycles. The van der Waals surface area contributed by atoms with E-state index >= 15 is 0 Å². The highest BCUT2D eigenvalue weighted by Crippen LogP contribution is 2.17. The van der Waals surface area contributed by atoms with Gasteiger partial charge >= 0.3 is 0 Å². The molecular weight excluding hydrogens is 250 g/mol. The summed E-state index contributed by atoms with van der Waals surface area (Å²) in [5, 5.41) is 3.30. The highest BCUT2D eigenvalue weighted by atomic mass is 32.1. The summed E-state index contributed by atoms with van der Waals surface area (Å²) in [5.74, 6) is 0.589. The predicted molar refractivity (Wildman–Crippen MR) is 70.3 cm³/mol. The lowest BCUT2D eigenvalue weighted by Crippen LogP contribution is -2.28. The van der Waals surface area contributed by atoms with Crippen molar-refractivity contribution in [3.05, 3.63) is 28.8 Å². The first-order valence-corrected chi connectivity index (χ1v) is 6.45. The number of carbonyl (C=O) groups is 1. The highest BCUT2D eigenvalue weighted by molar-refractivity contribution is 7.17. The number of nitrogen functional groups attached to an aromatic ring is 1. The number of nitrogens with two attached hydrogens (primary N) is 1. The number of hydrogen-bond acceptors (Lipinski definition) is 5.